The summed E-state index contributed by atoms with van der Waals surface area (Å²) in [5.41, 5.74) is 3.49. The van der Waals surface area contributed by atoms with Gasteiger partial charge in [-0.3, -0.25) is 5.10 Å². The van der Waals surface area contributed by atoms with Crippen molar-refractivity contribution >= 4 is 15.9 Å². The molecule has 0 radical (unpaired) electrons. The lowest BCUT2D eigenvalue weighted by Crippen LogP contribution is -2.27. The molecule has 0 amide bonds. The summed E-state index contributed by atoms with van der Waals surface area (Å²) in [5.74, 6) is 0.257. The maximum absolute atomic E-state index is 14.0. The average Bonchev–Trinajstić information content (AvgIpc) is 2.84. The van der Waals surface area contributed by atoms with Gasteiger partial charge < -0.3 is 5.32 Å². The number of aromatic amines is 1. The van der Waals surface area contributed by atoms with Crippen molar-refractivity contribution in [2.75, 3.05) is 13.1 Å². The van der Waals surface area contributed by atoms with Crippen LogP contribution in [0, 0.1) is 12.7 Å². The van der Waals surface area contributed by atoms with Crippen LogP contribution in [0.2, 0.25) is 0 Å². The van der Waals surface area contributed by atoms with E-state index >= 15 is 0 Å². The first kappa shape index (κ1) is 13.8. The summed E-state index contributed by atoms with van der Waals surface area (Å²) in [6.07, 6.45) is 2.20. The van der Waals surface area contributed by atoms with E-state index in [0.29, 0.717) is 11.5 Å². The molecule has 20 heavy (non-hydrogen) atoms. The molecule has 1 aromatic carbocycles. The van der Waals surface area contributed by atoms with E-state index in [1.807, 2.05) is 6.92 Å². The maximum Gasteiger partial charge on any atom is 0.132 e. The largest absolute Gasteiger partial charge is 0.317 e. The highest BCUT2D eigenvalue weighted by Crippen LogP contribution is 2.33. The minimum absolute atomic E-state index is 0.236. The molecule has 1 saturated heterocycles. The monoisotopic (exact) mass is 337 g/mol. The van der Waals surface area contributed by atoms with Gasteiger partial charge in [0.25, 0.3) is 0 Å². The first-order valence-corrected chi connectivity index (χ1v) is 7.67. The Morgan fingerprint density at radius 2 is 2.05 bits per heavy atom. The van der Waals surface area contributed by atoms with E-state index < -0.39 is 0 Å². The van der Waals surface area contributed by atoms with Crippen LogP contribution in [0.3, 0.4) is 0 Å². The molecular weight excluding hydrogens is 321 g/mol. The molecule has 0 spiro atoms. The summed E-state index contributed by atoms with van der Waals surface area (Å²) in [4.78, 5) is 0. The van der Waals surface area contributed by atoms with Gasteiger partial charge in [0.15, 0.2) is 0 Å². The molecule has 0 bridgehead atoms. The summed E-state index contributed by atoms with van der Waals surface area (Å²) < 4.78 is 14.9. The van der Waals surface area contributed by atoms with Gasteiger partial charge >= 0.3 is 0 Å². The number of piperidine rings is 1. The lowest BCUT2D eigenvalue weighted by atomic mass is 9.91. The summed E-state index contributed by atoms with van der Waals surface area (Å²) in [6.45, 7) is 4.09. The van der Waals surface area contributed by atoms with Crippen LogP contribution < -0.4 is 5.32 Å². The van der Waals surface area contributed by atoms with E-state index in [1.54, 1.807) is 12.1 Å². The standard InChI is InChI=1S/C15H17BrFN3/c1-9-14(10-4-6-18-7-5-10)19-20-15(9)12-8-11(16)2-3-13(12)17/h2-3,8,10,18H,4-7H2,1H3,(H,19,20). The highest BCUT2D eigenvalue weighted by atomic mass is 79.9. The molecule has 0 atom stereocenters. The van der Waals surface area contributed by atoms with Gasteiger partial charge in [-0.15, -0.1) is 0 Å². The van der Waals surface area contributed by atoms with Crippen molar-refractivity contribution in [2.45, 2.75) is 25.7 Å². The zero-order chi connectivity index (χ0) is 14.1. The Balaban J connectivity index is 1.99. The van der Waals surface area contributed by atoms with Crippen LogP contribution >= 0.6 is 15.9 Å². The highest BCUT2D eigenvalue weighted by Gasteiger charge is 2.22. The predicted molar refractivity (Wildman–Crippen MR) is 81.3 cm³/mol. The Labute approximate surface area is 126 Å². The molecule has 5 heteroatoms. The Bertz CT molecular complexity index is 618. The Hall–Kier alpha value is -1.20. The number of nitrogens with one attached hydrogen (secondary N) is 2. The third kappa shape index (κ3) is 2.52. The van der Waals surface area contributed by atoms with Crippen LogP contribution in [0.4, 0.5) is 4.39 Å². The fraction of sp³-hybridized carbons (Fsp3) is 0.400. The molecule has 1 aromatic heterocycles. The summed E-state index contributed by atoms with van der Waals surface area (Å²) in [6, 6.07) is 4.96. The van der Waals surface area contributed by atoms with Gasteiger partial charge in [0, 0.05) is 21.6 Å². The Kier molecular flexibility index (Phi) is 3.89. The van der Waals surface area contributed by atoms with Gasteiger partial charge in [0.05, 0.1) is 5.69 Å². The molecule has 1 aliphatic rings. The zero-order valence-electron chi connectivity index (χ0n) is 11.3. The van der Waals surface area contributed by atoms with Crippen molar-refractivity contribution in [3.63, 3.8) is 0 Å². The molecule has 0 aliphatic carbocycles. The summed E-state index contributed by atoms with van der Waals surface area (Å²) in [7, 11) is 0. The van der Waals surface area contributed by atoms with E-state index in [9.17, 15) is 4.39 Å². The number of halogens is 2. The zero-order valence-corrected chi connectivity index (χ0v) is 12.9. The Morgan fingerprint density at radius 3 is 2.80 bits per heavy atom. The number of benzene rings is 1. The van der Waals surface area contributed by atoms with Crippen molar-refractivity contribution in [3.05, 3.63) is 39.7 Å². The molecule has 0 saturated carbocycles. The fourth-order valence-electron chi connectivity index (χ4n) is 2.86. The van der Waals surface area contributed by atoms with Crippen LogP contribution in [0.5, 0.6) is 0 Å². The molecule has 2 aromatic rings. The second-order valence-corrected chi connectivity index (χ2v) is 6.18. The minimum atomic E-state index is -0.236. The fourth-order valence-corrected chi connectivity index (χ4v) is 3.22. The lowest BCUT2D eigenvalue weighted by Gasteiger charge is -2.22. The van der Waals surface area contributed by atoms with Crippen molar-refractivity contribution in [2.24, 2.45) is 0 Å². The Morgan fingerprint density at radius 1 is 1.30 bits per heavy atom. The molecule has 2 heterocycles. The quantitative estimate of drug-likeness (QED) is 0.876. The molecular formula is C15H17BrFN3. The number of rotatable bonds is 2. The van der Waals surface area contributed by atoms with E-state index in [4.69, 9.17) is 0 Å². The number of hydrogen-bond donors (Lipinski definition) is 2. The van der Waals surface area contributed by atoms with Gasteiger partial charge in [0.2, 0.25) is 0 Å². The van der Waals surface area contributed by atoms with Crippen LogP contribution in [0.15, 0.2) is 22.7 Å². The topological polar surface area (TPSA) is 40.7 Å². The maximum atomic E-state index is 14.0. The smallest absolute Gasteiger partial charge is 0.132 e. The van der Waals surface area contributed by atoms with E-state index in [1.165, 1.54) is 6.07 Å². The van der Waals surface area contributed by atoms with Crippen LogP contribution in [0.1, 0.15) is 30.0 Å². The summed E-state index contributed by atoms with van der Waals surface area (Å²) in [5, 5.41) is 10.8. The van der Waals surface area contributed by atoms with Gasteiger partial charge in [-0.05, 0) is 56.6 Å². The SMILES string of the molecule is Cc1c(-c2cc(Br)ccc2F)n[nH]c1C1CCNCC1. The third-order valence-electron chi connectivity index (χ3n) is 3.98. The normalized spacial score (nSPS) is 16.6. The number of H-pyrrole nitrogens is 1. The molecule has 3 rings (SSSR count). The van der Waals surface area contributed by atoms with Crippen molar-refractivity contribution in [1.29, 1.82) is 0 Å². The minimum Gasteiger partial charge on any atom is -0.317 e. The number of nitrogens with zero attached hydrogens (tertiary/aromatic N) is 1. The number of hydrogen-bond acceptors (Lipinski definition) is 2. The van der Waals surface area contributed by atoms with Crippen molar-refractivity contribution in [3.8, 4) is 11.3 Å². The van der Waals surface area contributed by atoms with Gasteiger partial charge in [0.1, 0.15) is 5.82 Å². The average molecular weight is 338 g/mol. The van der Waals surface area contributed by atoms with Crippen molar-refractivity contribution < 1.29 is 4.39 Å². The van der Waals surface area contributed by atoms with Gasteiger partial charge in [-0.2, -0.15) is 5.10 Å². The van der Waals surface area contributed by atoms with E-state index in [0.717, 1.165) is 47.4 Å². The first-order chi connectivity index (χ1) is 9.66. The molecule has 2 N–H and O–H groups in total. The van der Waals surface area contributed by atoms with E-state index in [-0.39, 0.29) is 5.82 Å². The third-order valence-corrected chi connectivity index (χ3v) is 4.47. The molecule has 1 fully saturated rings. The second-order valence-electron chi connectivity index (χ2n) is 5.26. The van der Waals surface area contributed by atoms with Gasteiger partial charge in [-0.25, -0.2) is 4.39 Å². The molecule has 1 aliphatic heterocycles. The van der Waals surface area contributed by atoms with Crippen LogP contribution in [0.25, 0.3) is 11.3 Å². The predicted octanol–water partition coefficient (Wildman–Crippen LogP) is 3.75. The van der Waals surface area contributed by atoms with Crippen molar-refractivity contribution in [1.82, 2.24) is 15.5 Å². The molecule has 106 valence electrons. The number of aromatic nitrogens is 2. The molecule has 0 unspecified atom stereocenters. The lowest BCUT2D eigenvalue weighted by molar-refractivity contribution is 0.451. The first-order valence-electron chi connectivity index (χ1n) is 6.88. The van der Waals surface area contributed by atoms with Crippen LogP contribution in [-0.2, 0) is 0 Å². The highest BCUT2D eigenvalue weighted by molar-refractivity contribution is 9.10. The molecule has 3 nitrogen and oxygen atoms in total. The van der Waals surface area contributed by atoms with Gasteiger partial charge in [-0.1, -0.05) is 15.9 Å². The van der Waals surface area contributed by atoms with E-state index in [2.05, 4.69) is 31.4 Å². The van der Waals surface area contributed by atoms with Crippen LogP contribution in [-0.4, -0.2) is 23.3 Å². The second kappa shape index (κ2) is 5.66. The summed E-state index contributed by atoms with van der Waals surface area (Å²) >= 11 is 3.39.